The van der Waals surface area contributed by atoms with Crippen molar-refractivity contribution in [3.63, 3.8) is 0 Å². The number of fused-ring (bicyclic) bond motifs is 1. The predicted octanol–water partition coefficient (Wildman–Crippen LogP) is 4.72. The summed E-state index contributed by atoms with van der Waals surface area (Å²) in [4.78, 5) is 31.8. The molecule has 1 aliphatic rings. The number of nitrogens with zero attached hydrogens (tertiary/aromatic N) is 2. The Balaban J connectivity index is 1.64. The van der Waals surface area contributed by atoms with Crippen molar-refractivity contribution < 1.29 is 18.7 Å². The second-order valence-corrected chi connectivity index (χ2v) is 9.67. The van der Waals surface area contributed by atoms with Crippen molar-refractivity contribution in [2.24, 2.45) is 4.99 Å². The van der Waals surface area contributed by atoms with E-state index in [9.17, 15) is 9.59 Å². The monoisotopic (exact) mass is 534 g/mol. The number of benzene rings is 2. The van der Waals surface area contributed by atoms with Gasteiger partial charge < -0.3 is 13.9 Å². The summed E-state index contributed by atoms with van der Waals surface area (Å²) in [5.74, 6) is 1.26. The first-order chi connectivity index (χ1) is 17.9. The Morgan fingerprint density at radius 1 is 1.16 bits per heavy atom. The zero-order chi connectivity index (χ0) is 26.1. The lowest BCUT2D eigenvalue weighted by Crippen LogP contribution is -2.39. The topological polar surface area (TPSA) is 83.0 Å². The van der Waals surface area contributed by atoms with Crippen LogP contribution in [0.5, 0.6) is 5.75 Å². The highest BCUT2D eigenvalue weighted by Crippen LogP contribution is 2.32. The summed E-state index contributed by atoms with van der Waals surface area (Å²) in [6, 6.07) is 17.5. The van der Waals surface area contributed by atoms with E-state index in [1.165, 1.54) is 15.9 Å². The fraction of sp³-hybridized carbons (Fsp3) is 0.179. The molecule has 7 nitrogen and oxygen atoms in total. The number of furan rings is 1. The van der Waals surface area contributed by atoms with E-state index in [4.69, 9.17) is 25.5 Å². The number of allylic oxidation sites excluding steroid dienone is 1. The second kappa shape index (κ2) is 10.2. The lowest BCUT2D eigenvalue weighted by atomic mass is 9.96. The molecule has 0 fully saturated rings. The van der Waals surface area contributed by atoms with Gasteiger partial charge in [0.05, 0.1) is 40.6 Å². The van der Waals surface area contributed by atoms with Crippen molar-refractivity contribution in [3.05, 3.63) is 108 Å². The van der Waals surface area contributed by atoms with Gasteiger partial charge in [-0.1, -0.05) is 47.2 Å². The van der Waals surface area contributed by atoms with Crippen LogP contribution in [0.3, 0.4) is 0 Å². The molecule has 0 amide bonds. The van der Waals surface area contributed by atoms with Gasteiger partial charge >= 0.3 is 5.97 Å². The third-order valence-corrected chi connectivity index (χ3v) is 7.30. The lowest BCUT2D eigenvalue weighted by molar-refractivity contribution is -0.139. The fourth-order valence-corrected chi connectivity index (χ4v) is 5.51. The summed E-state index contributed by atoms with van der Waals surface area (Å²) in [5.41, 5.74) is 2.05. The number of esters is 1. The van der Waals surface area contributed by atoms with Crippen LogP contribution >= 0.6 is 22.9 Å². The van der Waals surface area contributed by atoms with E-state index in [-0.39, 0.29) is 12.2 Å². The van der Waals surface area contributed by atoms with Crippen LogP contribution in [0.25, 0.3) is 17.4 Å². The van der Waals surface area contributed by atoms with Gasteiger partial charge in [0.15, 0.2) is 4.80 Å². The van der Waals surface area contributed by atoms with Crippen LogP contribution in [0.4, 0.5) is 0 Å². The summed E-state index contributed by atoms with van der Waals surface area (Å²) in [6.07, 6.45) is 1.68. The number of hydrogen-bond acceptors (Lipinski definition) is 7. The fourth-order valence-electron chi connectivity index (χ4n) is 4.26. The van der Waals surface area contributed by atoms with Gasteiger partial charge in [-0.05, 0) is 55.8 Å². The molecule has 0 saturated heterocycles. The summed E-state index contributed by atoms with van der Waals surface area (Å²) in [5, 5.41) is 0.573. The predicted molar refractivity (Wildman–Crippen MR) is 143 cm³/mol. The molecule has 5 rings (SSSR count). The van der Waals surface area contributed by atoms with Crippen molar-refractivity contribution >= 4 is 35.0 Å². The Hall–Kier alpha value is -3.88. The molecular weight excluding hydrogens is 512 g/mol. The second-order valence-electron chi connectivity index (χ2n) is 8.26. The van der Waals surface area contributed by atoms with Crippen molar-refractivity contribution in [2.75, 3.05) is 13.7 Å². The highest BCUT2D eigenvalue weighted by Gasteiger charge is 2.33. The molecule has 0 spiro atoms. The number of rotatable bonds is 6. The standard InChI is InChI=1S/C28H23ClN2O5S/c1-4-35-27(33)24-16(2)30-28-31(25(24)17-9-11-18(34-3)12-10-17)26(32)23(37-28)15-19-13-14-22(36-19)20-7-5-6-8-21(20)29/h5-15,25H,4H2,1-3H3/b23-15+/t25-/m1/s1. The molecule has 37 heavy (non-hydrogen) atoms. The van der Waals surface area contributed by atoms with E-state index in [0.29, 0.717) is 42.9 Å². The van der Waals surface area contributed by atoms with Crippen molar-refractivity contribution in [1.29, 1.82) is 0 Å². The van der Waals surface area contributed by atoms with Gasteiger partial charge in [0.2, 0.25) is 0 Å². The Labute approximate surface area is 221 Å². The van der Waals surface area contributed by atoms with E-state index in [0.717, 1.165) is 11.1 Å². The quantitative estimate of drug-likeness (QED) is 0.334. The highest BCUT2D eigenvalue weighted by atomic mass is 35.5. The number of thiazole rings is 1. The highest BCUT2D eigenvalue weighted by molar-refractivity contribution is 7.07. The van der Waals surface area contributed by atoms with Crippen LogP contribution in [-0.2, 0) is 9.53 Å². The minimum absolute atomic E-state index is 0.210. The molecule has 1 aliphatic heterocycles. The average molecular weight is 535 g/mol. The number of aromatic nitrogens is 1. The van der Waals surface area contributed by atoms with Crippen LogP contribution in [0.2, 0.25) is 5.02 Å². The Morgan fingerprint density at radius 3 is 2.62 bits per heavy atom. The SMILES string of the molecule is CCOC(=O)C1=C(C)N=c2s/c(=C/c3ccc(-c4ccccc4Cl)o3)c(=O)n2[C@@H]1c1ccc(OC)cc1. The number of methoxy groups -OCH3 is 1. The number of hydrogen-bond donors (Lipinski definition) is 0. The summed E-state index contributed by atoms with van der Waals surface area (Å²) in [6.45, 7) is 3.70. The molecule has 0 radical (unpaired) electrons. The van der Waals surface area contributed by atoms with Gasteiger partial charge in [0.1, 0.15) is 17.3 Å². The maximum atomic E-state index is 13.7. The maximum absolute atomic E-state index is 13.7. The molecule has 0 bridgehead atoms. The lowest BCUT2D eigenvalue weighted by Gasteiger charge is -2.24. The molecule has 9 heteroatoms. The molecule has 2 aromatic carbocycles. The van der Waals surface area contributed by atoms with Gasteiger partial charge in [0, 0.05) is 11.6 Å². The minimum Gasteiger partial charge on any atom is -0.497 e. The van der Waals surface area contributed by atoms with Gasteiger partial charge in [-0.3, -0.25) is 9.36 Å². The first-order valence-electron chi connectivity index (χ1n) is 11.6. The Morgan fingerprint density at radius 2 is 1.92 bits per heavy atom. The zero-order valence-corrected chi connectivity index (χ0v) is 21.9. The molecule has 4 aromatic rings. The molecule has 188 valence electrons. The van der Waals surface area contributed by atoms with Crippen LogP contribution in [0, 0.1) is 0 Å². The van der Waals surface area contributed by atoms with E-state index in [1.54, 1.807) is 51.3 Å². The van der Waals surface area contributed by atoms with Crippen molar-refractivity contribution in [2.45, 2.75) is 19.9 Å². The first-order valence-corrected chi connectivity index (χ1v) is 12.8. The third-order valence-electron chi connectivity index (χ3n) is 5.99. The van der Waals surface area contributed by atoms with E-state index < -0.39 is 12.0 Å². The van der Waals surface area contributed by atoms with Crippen LogP contribution in [0.15, 0.2) is 86.1 Å². The molecule has 0 aliphatic carbocycles. The van der Waals surface area contributed by atoms with E-state index in [1.807, 2.05) is 36.4 Å². The molecule has 0 saturated carbocycles. The van der Waals surface area contributed by atoms with Crippen LogP contribution in [0.1, 0.15) is 31.2 Å². The Bertz CT molecular complexity index is 1700. The Kier molecular flexibility index (Phi) is 6.86. The minimum atomic E-state index is -0.696. The normalized spacial score (nSPS) is 15.4. The molecule has 0 unspecified atom stereocenters. The molecular formula is C28H23ClN2O5S. The smallest absolute Gasteiger partial charge is 0.338 e. The number of halogens is 1. The van der Waals surface area contributed by atoms with Gasteiger partial charge in [0.25, 0.3) is 5.56 Å². The average Bonchev–Trinajstić information content (AvgIpc) is 3.48. The molecule has 3 heterocycles. The number of carbonyl (C=O) groups is 1. The maximum Gasteiger partial charge on any atom is 0.338 e. The molecule has 1 atom stereocenters. The molecule has 0 N–H and O–H groups in total. The number of ether oxygens (including phenoxy) is 2. The summed E-state index contributed by atoms with van der Waals surface area (Å²) >= 11 is 7.54. The molecule has 2 aromatic heterocycles. The zero-order valence-electron chi connectivity index (χ0n) is 20.4. The van der Waals surface area contributed by atoms with Gasteiger partial charge in [-0.15, -0.1) is 0 Å². The summed E-state index contributed by atoms with van der Waals surface area (Å²) in [7, 11) is 1.58. The van der Waals surface area contributed by atoms with Gasteiger partial charge in [-0.2, -0.15) is 0 Å². The van der Waals surface area contributed by atoms with E-state index >= 15 is 0 Å². The van der Waals surface area contributed by atoms with Gasteiger partial charge in [-0.25, -0.2) is 9.79 Å². The van der Waals surface area contributed by atoms with Crippen LogP contribution < -0.4 is 19.6 Å². The summed E-state index contributed by atoms with van der Waals surface area (Å²) < 4.78 is 18.6. The van der Waals surface area contributed by atoms with E-state index in [2.05, 4.69) is 4.99 Å². The largest absolute Gasteiger partial charge is 0.497 e. The first kappa shape index (κ1) is 24.8. The number of carbonyl (C=O) groups excluding carboxylic acids is 1. The van der Waals surface area contributed by atoms with Crippen LogP contribution in [-0.4, -0.2) is 24.3 Å². The third kappa shape index (κ3) is 4.65. The van der Waals surface area contributed by atoms with Crippen molar-refractivity contribution in [3.8, 4) is 17.1 Å². The van der Waals surface area contributed by atoms with Crippen molar-refractivity contribution in [1.82, 2.24) is 4.57 Å².